The van der Waals surface area contributed by atoms with Crippen LogP contribution in [0.15, 0.2) is 6.20 Å². The van der Waals surface area contributed by atoms with Crippen molar-refractivity contribution in [3.63, 3.8) is 0 Å². The van der Waals surface area contributed by atoms with Crippen molar-refractivity contribution in [2.45, 2.75) is 31.1 Å². The zero-order chi connectivity index (χ0) is 13.0. The number of rotatable bonds is 4. The molecule has 0 saturated heterocycles. The van der Waals surface area contributed by atoms with Gasteiger partial charge in [-0.05, 0) is 25.2 Å². The second-order valence-electron chi connectivity index (χ2n) is 4.56. The van der Waals surface area contributed by atoms with Gasteiger partial charge in [0.25, 0.3) is 0 Å². The van der Waals surface area contributed by atoms with E-state index in [4.69, 9.17) is 27.9 Å². The first kappa shape index (κ1) is 13.7. The largest absolute Gasteiger partial charge is 0.467 e. The first-order valence-electron chi connectivity index (χ1n) is 6.13. The van der Waals surface area contributed by atoms with Crippen molar-refractivity contribution in [2.24, 2.45) is 5.92 Å². The number of methoxy groups -OCH3 is 1. The van der Waals surface area contributed by atoms with Gasteiger partial charge >= 0.3 is 6.01 Å². The van der Waals surface area contributed by atoms with E-state index < -0.39 is 0 Å². The fourth-order valence-corrected chi connectivity index (χ4v) is 2.79. The molecule has 0 aromatic carbocycles. The van der Waals surface area contributed by atoms with Gasteiger partial charge in [0.05, 0.1) is 13.3 Å². The second kappa shape index (κ2) is 6.43. The van der Waals surface area contributed by atoms with Gasteiger partial charge in [-0.3, -0.25) is 0 Å². The fourth-order valence-electron chi connectivity index (χ4n) is 2.23. The van der Waals surface area contributed by atoms with E-state index in [2.05, 4.69) is 15.3 Å². The molecular formula is C12H17Cl2N3O. The highest BCUT2D eigenvalue weighted by molar-refractivity contribution is 6.32. The van der Waals surface area contributed by atoms with Crippen molar-refractivity contribution in [3.8, 4) is 6.01 Å². The molecule has 18 heavy (non-hydrogen) atoms. The molecular weight excluding hydrogens is 273 g/mol. The summed E-state index contributed by atoms with van der Waals surface area (Å²) in [7, 11) is 1.53. The summed E-state index contributed by atoms with van der Waals surface area (Å²) in [4.78, 5) is 8.12. The van der Waals surface area contributed by atoms with Crippen LogP contribution in [0.3, 0.4) is 0 Å². The Balaban J connectivity index is 1.92. The molecule has 4 nitrogen and oxygen atoms in total. The van der Waals surface area contributed by atoms with Gasteiger partial charge in [0, 0.05) is 11.9 Å². The van der Waals surface area contributed by atoms with Gasteiger partial charge in [0.15, 0.2) is 5.82 Å². The van der Waals surface area contributed by atoms with Crippen molar-refractivity contribution in [1.82, 2.24) is 9.97 Å². The molecule has 1 aromatic rings. The Morgan fingerprint density at radius 1 is 1.50 bits per heavy atom. The Labute approximate surface area is 117 Å². The van der Waals surface area contributed by atoms with Crippen molar-refractivity contribution >= 4 is 29.0 Å². The molecule has 1 saturated carbocycles. The van der Waals surface area contributed by atoms with Gasteiger partial charge in [-0.1, -0.05) is 18.0 Å². The monoisotopic (exact) mass is 289 g/mol. The summed E-state index contributed by atoms with van der Waals surface area (Å²) in [5.74, 6) is 1.21. The number of nitrogens with one attached hydrogen (secondary N) is 1. The lowest BCUT2D eigenvalue weighted by atomic mass is 9.89. The van der Waals surface area contributed by atoms with E-state index in [9.17, 15) is 0 Å². The second-order valence-corrected chi connectivity index (χ2v) is 5.59. The average Bonchev–Trinajstić information content (AvgIpc) is 2.38. The van der Waals surface area contributed by atoms with E-state index in [0.29, 0.717) is 28.1 Å². The Kier molecular flexibility index (Phi) is 4.89. The lowest BCUT2D eigenvalue weighted by molar-refractivity contribution is 0.374. The van der Waals surface area contributed by atoms with E-state index in [0.717, 1.165) is 19.4 Å². The Morgan fingerprint density at radius 3 is 3.06 bits per heavy atom. The highest BCUT2D eigenvalue weighted by atomic mass is 35.5. The van der Waals surface area contributed by atoms with E-state index in [1.165, 1.54) is 20.0 Å². The van der Waals surface area contributed by atoms with Crippen molar-refractivity contribution in [3.05, 3.63) is 11.2 Å². The van der Waals surface area contributed by atoms with Crippen LogP contribution in [0.2, 0.25) is 5.02 Å². The standard InChI is InChI=1S/C12H17Cl2N3O/c1-18-12-16-7-10(14)11(17-12)15-6-8-3-2-4-9(13)5-8/h7-9H,2-6H2,1H3,(H,15,16,17). The Hall–Kier alpha value is -0.740. The molecule has 1 fully saturated rings. The lowest BCUT2D eigenvalue weighted by Crippen LogP contribution is -2.22. The minimum absolute atomic E-state index is 0.306. The molecule has 0 radical (unpaired) electrons. The topological polar surface area (TPSA) is 47.0 Å². The van der Waals surface area contributed by atoms with Crippen LogP contribution in [0.4, 0.5) is 5.82 Å². The van der Waals surface area contributed by atoms with Crippen LogP contribution in [-0.2, 0) is 0 Å². The molecule has 0 bridgehead atoms. The molecule has 2 atom stereocenters. The molecule has 1 aliphatic rings. The van der Waals surface area contributed by atoms with Crippen molar-refractivity contribution in [1.29, 1.82) is 0 Å². The van der Waals surface area contributed by atoms with Crippen LogP contribution in [0, 0.1) is 5.92 Å². The Morgan fingerprint density at radius 2 is 2.33 bits per heavy atom. The average molecular weight is 290 g/mol. The summed E-state index contributed by atoms with van der Waals surface area (Å²) in [6.07, 6.45) is 6.12. The number of ether oxygens (including phenoxy) is 1. The third-order valence-electron chi connectivity index (χ3n) is 3.18. The molecule has 0 aliphatic heterocycles. The predicted molar refractivity (Wildman–Crippen MR) is 73.7 cm³/mol. The molecule has 1 heterocycles. The minimum Gasteiger partial charge on any atom is -0.467 e. The number of hydrogen-bond donors (Lipinski definition) is 1. The predicted octanol–water partition coefficient (Wildman–Crippen LogP) is 3.35. The fraction of sp³-hybridized carbons (Fsp3) is 0.667. The van der Waals surface area contributed by atoms with Crippen LogP contribution < -0.4 is 10.1 Å². The molecule has 0 amide bonds. The first-order valence-corrected chi connectivity index (χ1v) is 6.95. The van der Waals surface area contributed by atoms with Crippen molar-refractivity contribution in [2.75, 3.05) is 19.0 Å². The molecule has 2 rings (SSSR count). The highest BCUT2D eigenvalue weighted by Gasteiger charge is 2.20. The smallest absolute Gasteiger partial charge is 0.318 e. The Bertz CT molecular complexity index is 403. The highest BCUT2D eigenvalue weighted by Crippen LogP contribution is 2.28. The third kappa shape index (κ3) is 3.62. The third-order valence-corrected chi connectivity index (χ3v) is 3.85. The number of aromatic nitrogens is 2. The van der Waals surface area contributed by atoms with Gasteiger partial charge < -0.3 is 10.1 Å². The van der Waals surface area contributed by atoms with E-state index in [1.54, 1.807) is 6.20 Å². The SMILES string of the molecule is COc1ncc(Cl)c(NCC2CCCC(Cl)C2)n1. The van der Waals surface area contributed by atoms with Gasteiger partial charge in [-0.15, -0.1) is 11.6 Å². The molecule has 1 aromatic heterocycles. The molecule has 1 N–H and O–H groups in total. The lowest BCUT2D eigenvalue weighted by Gasteiger charge is -2.25. The van der Waals surface area contributed by atoms with Gasteiger partial charge in [-0.2, -0.15) is 4.98 Å². The normalized spacial score (nSPS) is 23.7. The maximum Gasteiger partial charge on any atom is 0.318 e. The zero-order valence-corrected chi connectivity index (χ0v) is 11.8. The van der Waals surface area contributed by atoms with E-state index >= 15 is 0 Å². The summed E-state index contributed by atoms with van der Waals surface area (Å²) in [6, 6.07) is 0.320. The van der Waals surface area contributed by atoms with Crippen LogP contribution in [0.25, 0.3) is 0 Å². The zero-order valence-electron chi connectivity index (χ0n) is 10.3. The van der Waals surface area contributed by atoms with Crippen LogP contribution in [0.1, 0.15) is 25.7 Å². The maximum atomic E-state index is 6.17. The van der Waals surface area contributed by atoms with Crippen molar-refractivity contribution < 1.29 is 4.74 Å². The molecule has 0 spiro atoms. The van der Waals surface area contributed by atoms with Gasteiger partial charge in [0.1, 0.15) is 5.02 Å². The molecule has 100 valence electrons. The molecule has 2 unspecified atom stereocenters. The van der Waals surface area contributed by atoms with Crippen LogP contribution in [0.5, 0.6) is 6.01 Å². The number of halogens is 2. The van der Waals surface area contributed by atoms with Crippen LogP contribution >= 0.6 is 23.2 Å². The van der Waals surface area contributed by atoms with Gasteiger partial charge in [-0.25, -0.2) is 4.98 Å². The number of hydrogen-bond acceptors (Lipinski definition) is 4. The van der Waals surface area contributed by atoms with E-state index in [1.807, 2.05) is 0 Å². The summed E-state index contributed by atoms with van der Waals surface area (Å²) in [6.45, 7) is 0.836. The summed E-state index contributed by atoms with van der Waals surface area (Å²) in [5.41, 5.74) is 0. The molecule has 1 aliphatic carbocycles. The quantitative estimate of drug-likeness (QED) is 0.864. The number of anilines is 1. The minimum atomic E-state index is 0.306. The van der Waals surface area contributed by atoms with E-state index in [-0.39, 0.29) is 0 Å². The number of alkyl halides is 1. The maximum absolute atomic E-state index is 6.17. The summed E-state index contributed by atoms with van der Waals surface area (Å²) in [5, 5.41) is 4.07. The number of nitrogens with zero attached hydrogens (tertiary/aromatic N) is 2. The summed E-state index contributed by atoms with van der Waals surface area (Å²) >= 11 is 12.2. The molecule has 6 heteroatoms. The first-order chi connectivity index (χ1) is 8.69. The van der Waals surface area contributed by atoms with Crippen LogP contribution in [-0.4, -0.2) is 29.0 Å². The summed E-state index contributed by atoms with van der Waals surface area (Å²) < 4.78 is 4.98. The van der Waals surface area contributed by atoms with Gasteiger partial charge in [0.2, 0.25) is 0 Å².